The summed E-state index contributed by atoms with van der Waals surface area (Å²) in [5.41, 5.74) is 7.47. The van der Waals surface area contributed by atoms with E-state index in [1.807, 2.05) is 19.9 Å². The predicted molar refractivity (Wildman–Crippen MR) is 146 cm³/mol. The monoisotopic (exact) mass is 529 g/mol. The van der Waals surface area contributed by atoms with Crippen LogP contribution in [0.15, 0.2) is 34.9 Å². The van der Waals surface area contributed by atoms with Gasteiger partial charge in [-0.15, -0.1) is 0 Å². The molecule has 0 amide bonds. The Bertz CT molecular complexity index is 1070. The van der Waals surface area contributed by atoms with Crippen LogP contribution in [-0.4, -0.2) is 51.6 Å². The number of fused-ring (bicyclic) bond motifs is 5. The molecule has 0 aromatic heterocycles. The quantitative estimate of drug-likeness (QED) is 0.242. The van der Waals surface area contributed by atoms with Crippen molar-refractivity contribution in [3.8, 4) is 0 Å². The van der Waals surface area contributed by atoms with Gasteiger partial charge in [-0.1, -0.05) is 45.4 Å². The zero-order valence-corrected chi connectivity index (χ0v) is 24.0. The van der Waals surface area contributed by atoms with Crippen molar-refractivity contribution in [1.29, 1.82) is 0 Å². The summed E-state index contributed by atoms with van der Waals surface area (Å²) < 4.78 is 5.83. The Morgan fingerprint density at radius 1 is 1.05 bits per heavy atom. The van der Waals surface area contributed by atoms with E-state index in [1.165, 1.54) is 6.92 Å². The van der Waals surface area contributed by atoms with E-state index in [-0.39, 0.29) is 46.1 Å². The van der Waals surface area contributed by atoms with Crippen LogP contribution in [0.2, 0.25) is 0 Å². The molecule has 4 saturated carbocycles. The molecule has 7 nitrogen and oxygen atoms in total. The summed E-state index contributed by atoms with van der Waals surface area (Å²) >= 11 is 0. The van der Waals surface area contributed by atoms with Gasteiger partial charge in [0.1, 0.15) is 6.10 Å². The molecule has 0 bridgehead atoms. The predicted octanol–water partition coefficient (Wildman–Crippen LogP) is 4.38. The largest absolute Gasteiger partial charge is 0.478 e. The Kier molecular flexibility index (Phi) is 7.56. The van der Waals surface area contributed by atoms with Crippen LogP contribution in [0.1, 0.15) is 80.6 Å². The van der Waals surface area contributed by atoms with E-state index in [4.69, 9.17) is 10.5 Å². The summed E-state index contributed by atoms with van der Waals surface area (Å²) in [6.45, 7) is 14.0. The first-order valence-electron chi connectivity index (χ1n) is 14.2. The van der Waals surface area contributed by atoms with Gasteiger partial charge in [0.2, 0.25) is 0 Å². The Morgan fingerprint density at radius 3 is 2.29 bits per heavy atom. The van der Waals surface area contributed by atoms with Gasteiger partial charge in [-0.3, -0.25) is 4.79 Å². The minimum atomic E-state index is -1.06. The van der Waals surface area contributed by atoms with Gasteiger partial charge in [0.15, 0.2) is 0 Å². The van der Waals surface area contributed by atoms with Crippen LogP contribution in [0.3, 0.4) is 0 Å². The lowest BCUT2D eigenvalue weighted by atomic mass is 9.35. The van der Waals surface area contributed by atoms with Crippen LogP contribution in [-0.2, 0) is 14.3 Å². The van der Waals surface area contributed by atoms with Gasteiger partial charge in [-0.2, -0.15) is 0 Å². The lowest BCUT2D eigenvalue weighted by Gasteiger charge is -2.70. The molecule has 0 aromatic carbocycles. The molecular formula is C31H47NO6. The molecule has 4 aliphatic rings. The Labute approximate surface area is 227 Å². The second kappa shape index (κ2) is 9.90. The Morgan fingerprint density at radius 2 is 1.71 bits per heavy atom. The zero-order valence-electron chi connectivity index (χ0n) is 24.0. The molecule has 7 heteroatoms. The first kappa shape index (κ1) is 29.0. The topological polar surface area (TPSA) is 130 Å². The van der Waals surface area contributed by atoms with Crippen LogP contribution in [0.25, 0.3) is 0 Å². The third kappa shape index (κ3) is 4.20. The van der Waals surface area contributed by atoms with Crippen LogP contribution in [0.4, 0.5) is 0 Å². The number of aliphatic carboxylic acids is 1. The first-order valence-corrected chi connectivity index (χ1v) is 14.2. The Balaban J connectivity index is 1.88. The van der Waals surface area contributed by atoms with E-state index in [2.05, 4.69) is 27.7 Å². The number of allylic oxidation sites excluding steroid dienone is 3. The fourth-order valence-electron chi connectivity index (χ4n) is 9.55. The number of hydrogen-bond donors (Lipinski definition) is 4. The SMILES string of the molecule is CC(=O)O[C@H]1C[C@@]2(C)[C@@H](C[C@@H](O)[C@H]3[C@@]4(C)[C@H](N)C[C@@H](O)[C@@H](C)[C@@H]4CC[C@@]32C)/C1=C(\C=C/C=C(C)C)C(=O)O. The molecule has 0 aliphatic heterocycles. The number of carboxylic acid groups (broad SMARTS) is 1. The summed E-state index contributed by atoms with van der Waals surface area (Å²) in [4.78, 5) is 24.8. The number of ether oxygens (including phenoxy) is 1. The average molecular weight is 530 g/mol. The van der Waals surface area contributed by atoms with E-state index in [9.17, 15) is 24.9 Å². The van der Waals surface area contributed by atoms with E-state index in [0.29, 0.717) is 24.8 Å². The van der Waals surface area contributed by atoms with Gasteiger partial charge in [-0.25, -0.2) is 4.79 Å². The number of carboxylic acids is 1. The average Bonchev–Trinajstić information content (AvgIpc) is 3.06. The van der Waals surface area contributed by atoms with Crippen LogP contribution in [0, 0.1) is 39.9 Å². The lowest BCUT2D eigenvalue weighted by molar-refractivity contribution is -0.239. The van der Waals surface area contributed by atoms with Crippen molar-refractivity contribution < 1.29 is 29.6 Å². The van der Waals surface area contributed by atoms with Gasteiger partial charge in [0, 0.05) is 13.0 Å². The maximum absolute atomic E-state index is 12.6. The van der Waals surface area contributed by atoms with Crippen molar-refractivity contribution in [2.24, 2.45) is 45.7 Å². The molecule has 4 rings (SSSR count). The number of nitrogens with two attached hydrogens (primary N) is 1. The second-order valence-electron chi connectivity index (χ2n) is 13.5. The molecule has 4 aliphatic carbocycles. The first-order chi connectivity index (χ1) is 17.6. The van der Waals surface area contributed by atoms with Crippen molar-refractivity contribution >= 4 is 11.9 Å². The molecule has 0 saturated heterocycles. The highest BCUT2D eigenvalue weighted by molar-refractivity contribution is 5.91. The van der Waals surface area contributed by atoms with E-state index in [0.717, 1.165) is 18.4 Å². The highest BCUT2D eigenvalue weighted by atomic mass is 16.5. The van der Waals surface area contributed by atoms with Gasteiger partial charge < -0.3 is 25.8 Å². The molecule has 212 valence electrons. The minimum absolute atomic E-state index is 0.0914. The van der Waals surface area contributed by atoms with Crippen molar-refractivity contribution in [3.63, 3.8) is 0 Å². The van der Waals surface area contributed by atoms with Gasteiger partial charge in [0.25, 0.3) is 0 Å². The number of aliphatic hydroxyl groups is 2. The molecule has 38 heavy (non-hydrogen) atoms. The van der Waals surface area contributed by atoms with Gasteiger partial charge >= 0.3 is 11.9 Å². The molecule has 0 unspecified atom stereocenters. The summed E-state index contributed by atoms with van der Waals surface area (Å²) in [5, 5.41) is 33.0. The van der Waals surface area contributed by atoms with Gasteiger partial charge in [0.05, 0.1) is 17.8 Å². The number of carbonyl (C=O) groups is 2. The maximum atomic E-state index is 12.6. The molecule has 0 aromatic rings. The third-order valence-corrected chi connectivity index (χ3v) is 11.5. The van der Waals surface area contributed by atoms with Crippen LogP contribution < -0.4 is 5.73 Å². The highest BCUT2D eigenvalue weighted by Crippen LogP contribution is 2.74. The van der Waals surface area contributed by atoms with Crippen molar-refractivity contribution in [1.82, 2.24) is 0 Å². The van der Waals surface area contributed by atoms with E-state index >= 15 is 0 Å². The van der Waals surface area contributed by atoms with Crippen LogP contribution in [0.5, 0.6) is 0 Å². The van der Waals surface area contributed by atoms with Crippen LogP contribution >= 0.6 is 0 Å². The molecule has 0 heterocycles. The van der Waals surface area contributed by atoms with Crippen molar-refractivity contribution in [3.05, 3.63) is 34.9 Å². The minimum Gasteiger partial charge on any atom is -0.478 e. The molecular weight excluding hydrogens is 482 g/mol. The smallest absolute Gasteiger partial charge is 0.335 e. The third-order valence-electron chi connectivity index (χ3n) is 11.5. The molecule has 5 N–H and O–H groups in total. The van der Waals surface area contributed by atoms with Gasteiger partial charge in [-0.05, 0) is 97.5 Å². The zero-order chi connectivity index (χ0) is 28.4. The number of carbonyl (C=O) groups excluding carboxylic acids is 1. The molecule has 11 atom stereocenters. The summed E-state index contributed by atoms with van der Waals surface area (Å²) in [6.07, 6.45) is 6.51. The molecule has 0 spiro atoms. The summed E-state index contributed by atoms with van der Waals surface area (Å²) in [6, 6.07) is -0.250. The maximum Gasteiger partial charge on any atom is 0.335 e. The highest BCUT2D eigenvalue weighted by Gasteiger charge is 2.72. The van der Waals surface area contributed by atoms with Crippen molar-refractivity contribution in [2.45, 2.75) is 105 Å². The molecule has 4 fully saturated rings. The summed E-state index contributed by atoms with van der Waals surface area (Å²) in [5.74, 6) is -1.59. The van der Waals surface area contributed by atoms with Crippen molar-refractivity contribution in [2.75, 3.05) is 0 Å². The fraction of sp³-hybridized carbons (Fsp3) is 0.742. The lowest BCUT2D eigenvalue weighted by Crippen LogP contribution is -2.70. The fourth-order valence-corrected chi connectivity index (χ4v) is 9.55. The second-order valence-corrected chi connectivity index (χ2v) is 13.5. The van der Waals surface area contributed by atoms with E-state index in [1.54, 1.807) is 12.2 Å². The van der Waals surface area contributed by atoms with E-state index < -0.39 is 35.7 Å². The Hall–Kier alpha value is -1.96. The number of aliphatic hydroxyl groups excluding tert-OH is 2. The normalized spacial score (nSPS) is 47.5. The standard InChI is InChI=1S/C31H47NO6/c1-16(2)9-8-10-19(28(36)37)26-21-13-23(35)27-29(5,30(21,6)15-24(26)38-18(4)33)12-11-20-17(3)22(34)14-25(32)31(20,27)7/h8-10,17,20-25,27,34-35H,11-15,32H2,1-7H3,(H,36,37)/b10-8-,26-19-/t17-,20-,21-,22+,23+,24-,25+,27+,29-,30-,31+/m0/s1. The number of esters is 1. The number of rotatable bonds is 4. The summed E-state index contributed by atoms with van der Waals surface area (Å²) in [7, 11) is 0. The molecule has 0 radical (unpaired) electrons. The number of hydrogen-bond acceptors (Lipinski definition) is 6.